The third-order valence-electron chi connectivity index (χ3n) is 2.85. The molecule has 1 aromatic rings. The molecule has 1 amide bonds. The van der Waals surface area contributed by atoms with Crippen molar-refractivity contribution in [1.29, 1.82) is 0 Å². The predicted molar refractivity (Wildman–Crippen MR) is 72.1 cm³/mol. The van der Waals surface area contributed by atoms with Crippen molar-refractivity contribution in [3.63, 3.8) is 0 Å². The lowest BCUT2D eigenvalue weighted by Crippen LogP contribution is -2.29. The summed E-state index contributed by atoms with van der Waals surface area (Å²) >= 11 is 0. The molecule has 1 heterocycles. The first-order chi connectivity index (χ1) is 8.50. The molecule has 18 heavy (non-hydrogen) atoms. The average molecular weight is 252 g/mol. The van der Waals surface area contributed by atoms with Crippen LogP contribution in [0.1, 0.15) is 32.5 Å². The fourth-order valence-electron chi connectivity index (χ4n) is 1.67. The molecule has 1 N–H and O–H groups in total. The lowest BCUT2D eigenvalue weighted by Gasteiger charge is -2.17. The van der Waals surface area contributed by atoms with Gasteiger partial charge in [0, 0.05) is 39.0 Å². The third-order valence-corrected chi connectivity index (χ3v) is 2.85. The number of hydrogen-bond donors (Lipinski definition) is 1. The van der Waals surface area contributed by atoms with Gasteiger partial charge in [-0.15, -0.1) is 0 Å². The molecule has 0 aliphatic heterocycles. The molecule has 0 saturated heterocycles. The van der Waals surface area contributed by atoms with Crippen LogP contribution in [0.3, 0.4) is 0 Å². The van der Waals surface area contributed by atoms with Gasteiger partial charge in [-0.1, -0.05) is 13.8 Å². The number of aromatic nitrogens is 2. The molecule has 5 nitrogen and oxygen atoms in total. The van der Waals surface area contributed by atoms with Crippen molar-refractivity contribution >= 4 is 5.91 Å². The summed E-state index contributed by atoms with van der Waals surface area (Å²) in [6, 6.07) is 0.477. The zero-order chi connectivity index (χ0) is 13.5. The molecule has 102 valence electrons. The van der Waals surface area contributed by atoms with Crippen LogP contribution in [0.15, 0.2) is 12.4 Å². The first kappa shape index (κ1) is 14.7. The highest BCUT2D eigenvalue weighted by molar-refractivity contribution is 5.75. The fraction of sp³-hybridized carbons (Fsp3) is 0.692. The number of rotatable bonds is 7. The topological polar surface area (TPSA) is 50.2 Å². The van der Waals surface area contributed by atoms with E-state index in [0.29, 0.717) is 19.0 Å². The van der Waals surface area contributed by atoms with Gasteiger partial charge in [-0.25, -0.2) is 4.98 Å². The monoisotopic (exact) mass is 252 g/mol. The minimum absolute atomic E-state index is 0.170. The molecule has 0 fully saturated rings. The highest BCUT2D eigenvalue weighted by Gasteiger charge is 2.11. The fourth-order valence-corrected chi connectivity index (χ4v) is 1.67. The Morgan fingerprint density at radius 3 is 2.83 bits per heavy atom. The van der Waals surface area contributed by atoms with Crippen LogP contribution in [0.4, 0.5) is 0 Å². The molecule has 0 spiro atoms. The van der Waals surface area contributed by atoms with Crippen molar-refractivity contribution < 1.29 is 4.79 Å². The van der Waals surface area contributed by atoms with Gasteiger partial charge in [-0.2, -0.15) is 0 Å². The standard InChI is InChI=1S/C13H24N4O/c1-11(2)14-7-5-6-13(18)17(4)10-12-15-8-9-16(12)3/h8-9,11,14H,5-7,10H2,1-4H3. The lowest BCUT2D eigenvalue weighted by molar-refractivity contribution is -0.130. The van der Waals surface area contributed by atoms with Gasteiger partial charge in [0.25, 0.3) is 0 Å². The van der Waals surface area contributed by atoms with E-state index in [4.69, 9.17) is 0 Å². The third kappa shape index (κ3) is 4.87. The van der Waals surface area contributed by atoms with Gasteiger partial charge in [0.15, 0.2) is 0 Å². The van der Waals surface area contributed by atoms with E-state index >= 15 is 0 Å². The highest BCUT2D eigenvalue weighted by Crippen LogP contribution is 2.02. The zero-order valence-corrected chi connectivity index (χ0v) is 11.8. The summed E-state index contributed by atoms with van der Waals surface area (Å²) in [6.45, 7) is 5.67. The Morgan fingerprint density at radius 2 is 2.28 bits per heavy atom. The molecule has 5 heteroatoms. The Hall–Kier alpha value is -1.36. The normalized spacial score (nSPS) is 10.9. The summed E-state index contributed by atoms with van der Waals surface area (Å²) in [6.07, 6.45) is 5.10. The van der Waals surface area contributed by atoms with Crippen molar-refractivity contribution in [2.75, 3.05) is 13.6 Å². The molecule has 1 rings (SSSR count). The largest absolute Gasteiger partial charge is 0.338 e. The van der Waals surface area contributed by atoms with Gasteiger partial charge in [-0.05, 0) is 13.0 Å². The summed E-state index contributed by atoms with van der Waals surface area (Å²) in [4.78, 5) is 17.8. The van der Waals surface area contributed by atoms with Crippen molar-refractivity contribution in [1.82, 2.24) is 19.8 Å². The number of imidazole rings is 1. The van der Waals surface area contributed by atoms with Crippen LogP contribution in [0.5, 0.6) is 0 Å². The molecule has 0 saturated carbocycles. The molecule has 0 atom stereocenters. The number of aryl methyl sites for hydroxylation is 1. The molecule has 0 aromatic carbocycles. The number of nitrogens with zero attached hydrogens (tertiary/aromatic N) is 3. The van der Waals surface area contributed by atoms with Crippen LogP contribution in [0.25, 0.3) is 0 Å². The van der Waals surface area contributed by atoms with Crippen molar-refractivity contribution in [2.24, 2.45) is 7.05 Å². The van der Waals surface area contributed by atoms with Gasteiger partial charge in [-0.3, -0.25) is 4.79 Å². The second kappa shape index (κ2) is 7.16. The van der Waals surface area contributed by atoms with Crippen LogP contribution in [0.2, 0.25) is 0 Å². The van der Waals surface area contributed by atoms with Crippen molar-refractivity contribution in [2.45, 2.75) is 39.3 Å². The number of nitrogens with one attached hydrogen (secondary N) is 1. The molecule has 0 radical (unpaired) electrons. The Bertz CT molecular complexity index is 373. The van der Waals surface area contributed by atoms with Crippen LogP contribution in [-0.2, 0) is 18.4 Å². The van der Waals surface area contributed by atoms with Gasteiger partial charge in [0.2, 0.25) is 5.91 Å². The summed E-state index contributed by atoms with van der Waals surface area (Å²) in [5.41, 5.74) is 0. The van der Waals surface area contributed by atoms with Gasteiger partial charge < -0.3 is 14.8 Å². The van der Waals surface area contributed by atoms with E-state index < -0.39 is 0 Å². The van der Waals surface area contributed by atoms with E-state index in [-0.39, 0.29) is 5.91 Å². The summed E-state index contributed by atoms with van der Waals surface area (Å²) < 4.78 is 1.93. The zero-order valence-electron chi connectivity index (χ0n) is 11.8. The molecule has 0 unspecified atom stereocenters. The number of carbonyl (C=O) groups is 1. The van der Waals surface area contributed by atoms with Crippen LogP contribution in [0, 0.1) is 0 Å². The van der Waals surface area contributed by atoms with Gasteiger partial charge in [0.1, 0.15) is 5.82 Å². The Morgan fingerprint density at radius 1 is 1.56 bits per heavy atom. The summed E-state index contributed by atoms with van der Waals surface area (Å²) in [5.74, 6) is 1.08. The van der Waals surface area contributed by atoms with Crippen LogP contribution < -0.4 is 5.32 Å². The lowest BCUT2D eigenvalue weighted by atomic mass is 10.2. The minimum atomic E-state index is 0.170. The number of hydrogen-bond acceptors (Lipinski definition) is 3. The Labute approximate surface area is 109 Å². The number of carbonyl (C=O) groups excluding carboxylic acids is 1. The molecular weight excluding hydrogens is 228 g/mol. The Balaban J connectivity index is 2.27. The van der Waals surface area contributed by atoms with E-state index in [0.717, 1.165) is 18.8 Å². The van der Waals surface area contributed by atoms with Gasteiger partial charge >= 0.3 is 0 Å². The molecule has 0 aliphatic rings. The van der Waals surface area contributed by atoms with E-state index in [9.17, 15) is 4.79 Å². The SMILES string of the molecule is CC(C)NCCCC(=O)N(C)Cc1nccn1C. The second-order valence-corrected chi connectivity index (χ2v) is 4.92. The molecule has 0 bridgehead atoms. The van der Waals surface area contributed by atoms with Crippen molar-refractivity contribution in [3.8, 4) is 0 Å². The van der Waals surface area contributed by atoms with Crippen LogP contribution in [-0.4, -0.2) is 40.0 Å². The number of amides is 1. The maximum Gasteiger partial charge on any atom is 0.222 e. The smallest absolute Gasteiger partial charge is 0.222 e. The predicted octanol–water partition coefficient (Wildman–Crippen LogP) is 1.16. The van der Waals surface area contributed by atoms with Crippen molar-refractivity contribution in [3.05, 3.63) is 18.2 Å². The quantitative estimate of drug-likeness (QED) is 0.741. The maximum absolute atomic E-state index is 11.9. The first-order valence-corrected chi connectivity index (χ1v) is 6.44. The van der Waals surface area contributed by atoms with E-state index in [1.54, 1.807) is 11.1 Å². The molecular formula is C13H24N4O. The highest BCUT2D eigenvalue weighted by atomic mass is 16.2. The van der Waals surface area contributed by atoms with E-state index in [1.807, 2.05) is 24.9 Å². The van der Waals surface area contributed by atoms with Gasteiger partial charge in [0.05, 0.1) is 6.54 Å². The first-order valence-electron chi connectivity index (χ1n) is 6.44. The molecule has 1 aromatic heterocycles. The minimum Gasteiger partial charge on any atom is -0.338 e. The average Bonchev–Trinajstić information content (AvgIpc) is 2.70. The summed E-state index contributed by atoms with van der Waals surface area (Å²) in [5, 5.41) is 3.31. The molecule has 0 aliphatic carbocycles. The summed E-state index contributed by atoms with van der Waals surface area (Å²) in [7, 11) is 3.76. The maximum atomic E-state index is 11.9. The Kier molecular flexibility index (Phi) is 5.85. The van der Waals surface area contributed by atoms with E-state index in [2.05, 4.69) is 24.1 Å². The van der Waals surface area contributed by atoms with Crippen LogP contribution >= 0.6 is 0 Å². The van der Waals surface area contributed by atoms with E-state index in [1.165, 1.54) is 0 Å². The second-order valence-electron chi connectivity index (χ2n) is 4.92.